The molecule has 1 amide bonds. The summed E-state index contributed by atoms with van der Waals surface area (Å²) < 4.78 is 7.57. The van der Waals surface area contributed by atoms with Crippen LogP contribution < -0.4 is 5.32 Å². The standard InChI is InChI=1S/C20H29N5O2/c1-15-9-24(10-16(2)27-15)20(3,4)12-22-19(26)18-7-5-17(6-8-18)11-25-14-21-13-23-25/h5-8,13-16H,9-12H2,1-4H3,(H,22,26)/t15-,16+. The van der Waals surface area contributed by atoms with Crippen molar-refractivity contribution in [3.63, 3.8) is 0 Å². The number of hydrogen-bond acceptors (Lipinski definition) is 5. The van der Waals surface area contributed by atoms with Crippen molar-refractivity contribution in [2.45, 2.75) is 52.0 Å². The summed E-state index contributed by atoms with van der Waals surface area (Å²) in [5, 5.41) is 7.18. The van der Waals surface area contributed by atoms with Gasteiger partial charge >= 0.3 is 0 Å². The Labute approximate surface area is 160 Å². The van der Waals surface area contributed by atoms with E-state index in [1.54, 1.807) is 11.0 Å². The first kappa shape index (κ1) is 19.5. The zero-order valence-electron chi connectivity index (χ0n) is 16.6. The minimum Gasteiger partial charge on any atom is -0.373 e. The van der Waals surface area contributed by atoms with Crippen LogP contribution in [0.4, 0.5) is 0 Å². The number of hydrogen-bond donors (Lipinski definition) is 1. The molecule has 7 nitrogen and oxygen atoms in total. The van der Waals surface area contributed by atoms with Crippen LogP contribution in [0.25, 0.3) is 0 Å². The Bertz CT molecular complexity index is 732. The lowest BCUT2D eigenvalue weighted by atomic mass is 9.99. The number of nitrogens with one attached hydrogen (secondary N) is 1. The third-order valence-corrected chi connectivity index (χ3v) is 4.98. The van der Waals surface area contributed by atoms with Gasteiger partial charge in [0.05, 0.1) is 18.8 Å². The number of carbonyl (C=O) groups is 1. The van der Waals surface area contributed by atoms with Crippen LogP contribution in [-0.4, -0.2) is 63.0 Å². The molecule has 1 fully saturated rings. The van der Waals surface area contributed by atoms with E-state index in [-0.39, 0.29) is 23.7 Å². The highest BCUT2D eigenvalue weighted by Crippen LogP contribution is 2.20. The van der Waals surface area contributed by atoms with Crippen LogP contribution in [0, 0.1) is 0 Å². The molecular weight excluding hydrogens is 342 g/mol. The molecule has 0 spiro atoms. The van der Waals surface area contributed by atoms with Crippen molar-refractivity contribution in [1.82, 2.24) is 25.0 Å². The molecule has 2 aromatic rings. The maximum atomic E-state index is 12.5. The second-order valence-corrected chi connectivity index (χ2v) is 7.95. The van der Waals surface area contributed by atoms with E-state index in [2.05, 4.69) is 48.0 Å². The summed E-state index contributed by atoms with van der Waals surface area (Å²) in [6, 6.07) is 7.61. The van der Waals surface area contributed by atoms with Crippen LogP contribution in [0.1, 0.15) is 43.6 Å². The van der Waals surface area contributed by atoms with E-state index in [0.717, 1.165) is 18.7 Å². The monoisotopic (exact) mass is 371 g/mol. The number of carbonyl (C=O) groups excluding carboxylic acids is 1. The van der Waals surface area contributed by atoms with Gasteiger partial charge in [-0.3, -0.25) is 9.69 Å². The molecule has 1 N–H and O–H groups in total. The van der Waals surface area contributed by atoms with Gasteiger partial charge in [-0.15, -0.1) is 0 Å². The van der Waals surface area contributed by atoms with Crippen LogP contribution in [-0.2, 0) is 11.3 Å². The van der Waals surface area contributed by atoms with E-state index in [0.29, 0.717) is 18.7 Å². The predicted molar refractivity (Wildman–Crippen MR) is 104 cm³/mol. The zero-order chi connectivity index (χ0) is 19.4. The lowest BCUT2D eigenvalue weighted by Gasteiger charge is -2.45. The summed E-state index contributed by atoms with van der Waals surface area (Å²) in [6.45, 7) is 11.5. The van der Waals surface area contributed by atoms with Crippen LogP contribution in [0.15, 0.2) is 36.9 Å². The molecule has 1 aliphatic heterocycles. The summed E-state index contributed by atoms with van der Waals surface area (Å²) in [5.74, 6) is -0.0512. The van der Waals surface area contributed by atoms with E-state index in [9.17, 15) is 4.79 Å². The molecule has 0 saturated carbocycles. The maximum absolute atomic E-state index is 12.5. The average Bonchev–Trinajstić information content (AvgIpc) is 3.12. The highest BCUT2D eigenvalue weighted by Gasteiger charge is 2.33. The van der Waals surface area contributed by atoms with Crippen molar-refractivity contribution in [2.75, 3.05) is 19.6 Å². The Balaban J connectivity index is 1.55. The van der Waals surface area contributed by atoms with E-state index in [1.165, 1.54) is 6.33 Å². The van der Waals surface area contributed by atoms with Crippen LogP contribution in [0.2, 0.25) is 0 Å². The highest BCUT2D eigenvalue weighted by molar-refractivity contribution is 5.94. The SMILES string of the molecule is C[C@@H]1CN(C(C)(C)CNC(=O)c2ccc(Cn3cncn3)cc2)C[C@H](C)O1. The van der Waals surface area contributed by atoms with Crippen LogP contribution >= 0.6 is 0 Å². The molecule has 1 aromatic carbocycles. The van der Waals surface area contributed by atoms with Gasteiger partial charge in [0, 0.05) is 30.7 Å². The Morgan fingerprint density at radius 1 is 1.22 bits per heavy atom. The van der Waals surface area contributed by atoms with Crippen molar-refractivity contribution in [3.8, 4) is 0 Å². The second kappa shape index (κ2) is 8.19. The molecule has 1 aromatic heterocycles. The van der Waals surface area contributed by atoms with E-state index >= 15 is 0 Å². The second-order valence-electron chi connectivity index (χ2n) is 7.95. The molecule has 146 valence electrons. The smallest absolute Gasteiger partial charge is 0.251 e. The van der Waals surface area contributed by atoms with Crippen molar-refractivity contribution in [3.05, 3.63) is 48.0 Å². The number of ether oxygens (including phenoxy) is 1. The number of morpholine rings is 1. The quantitative estimate of drug-likeness (QED) is 0.840. The lowest BCUT2D eigenvalue weighted by Crippen LogP contribution is -2.58. The van der Waals surface area contributed by atoms with Gasteiger partial charge in [-0.1, -0.05) is 12.1 Å². The van der Waals surface area contributed by atoms with Crippen molar-refractivity contribution in [1.29, 1.82) is 0 Å². The number of benzene rings is 1. The first-order chi connectivity index (χ1) is 12.8. The van der Waals surface area contributed by atoms with Gasteiger partial charge in [0.1, 0.15) is 12.7 Å². The molecule has 0 bridgehead atoms. The minimum absolute atomic E-state index is 0.0512. The third kappa shape index (κ3) is 5.14. The Kier molecular flexibility index (Phi) is 5.92. The largest absolute Gasteiger partial charge is 0.373 e. The van der Waals surface area contributed by atoms with Crippen LogP contribution in [0.3, 0.4) is 0 Å². The average molecular weight is 371 g/mol. The summed E-state index contributed by atoms with van der Waals surface area (Å²) in [5.41, 5.74) is 1.61. The van der Waals surface area contributed by atoms with Gasteiger partial charge in [0.15, 0.2) is 0 Å². The Morgan fingerprint density at radius 2 is 1.89 bits per heavy atom. The maximum Gasteiger partial charge on any atom is 0.251 e. The van der Waals surface area contributed by atoms with E-state index < -0.39 is 0 Å². The number of rotatable bonds is 6. The third-order valence-electron chi connectivity index (χ3n) is 4.98. The molecule has 27 heavy (non-hydrogen) atoms. The lowest BCUT2D eigenvalue weighted by molar-refractivity contribution is -0.0948. The first-order valence-electron chi connectivity index (χ1n) is 9.43. The Morgan fingerprint density at radius 3 is 2.48 bits per heavy atom. The van der Waals surface area contributed by atoms with Gasteiger partial charge in [-0.05, 0) is 45.4 Å². The molecule has 1 saturated heterocycles. The molecule has 2 heterocycles. The molecule has 3 rings (SSSR count). The topological polar surface area (TPSA) is 72.3 Å². The fourth-order valence-electron chi connectivity index (χ4n) is 3.45. The Hall–Kier alpha value is -2.25. The van der Waals surface area contributed by atoms with E-state index in [1.807, 2.05) is 24.3 Å². The fourth-order valence-corrected chi connectivity index (χ4v) is 3.45. The van der Waals surface area contributed by atoms with Crippen molar-refractivity contribution < 1.29 is 9.53 Å². The predicted octanol–water partition coefficient (Wildman–Crippen LogP) is 1.94. The van der Waals surface area contributed by atoms with Gasteiger partial charge in [-0.2, -0.15) is 5.10 Å². The van der Waals surface area contributed by atoms with Crippen molar-refractivity contribution >= 4 is 5.91 Å². The van der Waals surface area contributed by atoms with Gasteiger partial charge in [0.2, 0.25) is 0 Å². The summed E-state index contributed by atoms with van der Waals surface area (Å²) in [4.78, 5) is 18.9. The zero-order valence-corrected chi connectivity index (χ0v) is 16.6. The normalized spacial score (nSPS) is 21.2. The molecule has 7 heteroatoms. The molecule has 2 atom stereocenters. The van der Waals surface area contributed by atoms with Gasteiger partial charge in [-0.25, -0.2) is 9.67 Å². The molecular formula is C20H29N5O2. The fraction of sp³-hybridized carbons (Fsp3) is 0.550. The first-order valence-corrected chi connectivity index (χ1v) is 9.43. The number of aromatic nitrogens is 3. The summed E-state index contributed by atoms with van der Waals surface area (Å²) in [6.07, 6.45) is 3.61. The van der Waals surface area contributed by atoms with Crippen LogP contribution in [0.5, 0.6) is 0 Å². The van der Waals surface area contributed by atoms with Gasteiger partial charge in [0.25, 0.3) is 5.91 Å². The van der Waals surface area contributed by atoms with E-state index in [4.69, 9.17) is 4.74 Å². The van der Waals surface area contributed by atoms with Crippen molar-refractivity contribution in [2.24, 2.45) is 0 Å². The van der Waals surface area contributed by atoms with Gasteiger partial charge < -0.3 is 10.1 Å². The molecule has 0 unspecified atom stereocenters. The molecule has 1 aliphatic rings. The highest BCUT2D eigenvalue weighted by atomic mass is 16.5. The summed E-state index contributed by atoms with van der Waals surface area (Å²) in [7, 11) is 0. The number of nitrogens with zero attached hydrogens (tertiary/aromatic N) is 4. The minimum atomic E-state index is -0.130. The molecule has 0 aliphatic carbocycles. The molecule has 0 radical (unpaired) electrons. The number of amides is 1. The summed E-state index contributed by atoms with van der Waals surface area (Å²) >= 11 is 0.